The summed E-state index contributed by atoms with van der Waals surface area (Å²) in [6.07, 6.45) is 1.11. The summed E-state index contributed by atoms with van der Waals surface area (Å²) in [5.41, 5.74) is 1.56. The lowest BCUT2D eigenvalue weighted by Crippen LogP contribution is -1.96. The molecule has 0 saturated carbocycles. The van der Waals surface area contributed by atoms with Crippen LogP contribution >= 0.6 is 22.6 Å². The van der Waals surface area contributed by atoms with E-state index in [1.165, 1.54) is 6.07 Å². The van der Waals surface area contributed by atoms with Crippen LogP contribution in [0, 0.1) is 13.7 Å². The molecule has 0 amide bonds. The van der Waals surface area contributed by atoms with Crippen molar-refractivity contribution in [1.29, 1.82) is 0 Å². The molecule has 0 bridgehead atoms. The first-order valence-electron chi connectivity index (χ1n) is 4.09. The van der Waals surface area contributed by atoms with E-state index in [0.29, 0.717) is 22.0 Å². The van der Waals surface area contributed by atoms with Gasteiger partial charge in [0.25, 0.3) is 5.69 Å². The van der Waals surface area contributed by atoms with Crippen LogP contribution in [0.15, 0.2) is 12.1 Å². The standard InChI is InChI=1S/C9H6INO3/c10-7-4-6-5(1-2-9(6)12)3-8(7)11(13)14/h3-4H,1-2H2. The summed E-state index contributed by atoms with van der Waals surface area (Å²) in [7, 11) is 0. The highest BCUT2D eigenvalue weighted by atomic mass is 127. The Morgan fingerprint density at radius 1 is 1.36 bits per heavy atom. The molecule has 0 radical (unpaired) electrons. The molecular weight excluding hydrogens is 297 g/mol. The number of aryl methyl sites for hydroxylation is 1. The van der Waals surface area contributed by atoms with E-state index < -0.39 is 4.92 Å². The monoisotopic (exact) mass is 303 g/mol. The molecule has 1 aliphatic rings. The average molecular weight is 303 g/mol. The summed E-state index contributed by atoms with van der Waals surface area (Å²) in [5.74, 6) is 0.0906. The molecule has 0 aliphatic heterocycles. The highest BCUT2D eigenvalue weighted by Crippen LogP contribution is 2.30. The molecule has 0 unspecified atom stereocenters. The molecule has 0 aromatic heterocycles. The molecule has 0 spiro atoms. The second kappa shape index (κ2) is 3.30. The van der Waals surface area contributed by atoms with Crippen molar-refractivity contribution in [2.45, 2.75) is 12.8 Å². The van der Waals surface area contributed by atoms with E-state index in [1.807, 2.05) is 22.6 Å². The molecule has 72 valence electrons. The van der Waals surface area contributed by atoms with Gasteiger partial charge in [-0.1, -0.05) is 0 Å². The van der Waals surface area contributed by atoms with E-state index in [9.17, 15) is 14.9 Å². The fourth-order valence-electron chi connectivity index (χ4n) is 1.59. The summed E-state index contributed by atoms with van der Waals surface area (Å²) in [5, 5.41) is 10.6. The second-order valence-corrected chi connectivity index (χ2v) is 4.30. The maximum atomic E-state index is 11.3. The number of nitro benzene ring substituents is 1. The number of rotatable bonds is 1. The predicted octanol–water partition coefficient (Wildman–Crippen LogP) is 2.33. The first-order chi connectivity index (χ1) is 6.59. The van der Waals surface area contributed by atoms with Crippen LogP contribution in [0.25, 0.3) is 0 Å². The third-order valence-electron chi connectivity index (χ3n) is 2.29. The first-order valence-corrected chi connectivity index (χ1v) is 5.17. The molecule has 2 rings (SSSR count). The van der Waals surface area contributed by atoms with Crippen LogP contribution in [0.3, 0.4) is 0 Å². The fourth-order valence-corrected chi connectivity index (χ4v) is 2.26. The SMILES string of the molecule is O=C1CCc2cc([N+](=O)[O-])c(I)cc21. The van der Waals surface area contributed by atoms with Gasteiger partial charge < -0.3 is 0 Å². The molecule has 5 heteroatoms. The van der Waals surface area contributed by atoms with Crippen LogP contribution in [0.4, 0.5) is 5.69 Å². The van der Waals surface area contributed by atoms with Gasteiger partial charge >= 0.3 is 0 Å². The Hall–Kier alpha value is -0.980. The summed E-state index contributed by atoms with van der Waals surface area (Å²) < 4.78 is 0.529. The zero-order valence-electron chi connectivity index (χ0n) is 7.12. The Balaban J connectivity index is 2.61. The van der Waals surface area contributed by atoms with Gasteiger partial charge in [-0.05, 0) is 40.6 Å². The maximum absolute atomic E-state index is 11.3. The van der Waals surface area contributed by atoms with Gasteiger partial charge in [0, 0.05) is 18.1 Å². The van der Waals surface area contributed by atoms with Crippen LogP contribution in [-0.2, 0) is 6.42 Å². The van der Waals surface area contributed by atoms with Gasteiger partial charge in [0.05, 0.1) is 8.49 Å². The van der Waals surface area contributed by atoms with Crippen molar-refractivity contribution in [2.24, 2.45) is 0 Å². The summed E-state index contributed by atoms with van der Waals surface area (Å²) in [6, 6.07) is 3.13. The molecule has 1 aromatic rings. The minimum absolute atomic E-state index is 0.0906. The molecule has 1 aliphatic carbocycles. The van der Waals surface area contributed by atoms with E-state index in [4.69, 9.17) is 0 Å². The number of Topliss-reactive ketones (excluding diaryl/α,β-unsaturated/α-hetero) is 1. The van der Waals surface area contributed by atoms with Gasteiger partial charge in [0.15, 0.2) is 5.78 Å². The van der Waals surface area contributed by atoms with E-state index >= 15 is 0 Å². The van der Waals surface area contributed by atoms with Crippen LogP contribution in [0.1, 0.15) is 22.3 Å². The largest absolute Gasteiger partial charge is 0.294 e. The van der Waals surface area contributed by atoms with E-state index in [1.54, 1.807) is 6.07 Å². The smallest absolute Gasteiger partial charge is 0.282 e. The quantitative estimate of drug-likeness (QED) is 0.454. The maximum Gasteiger partial charge on any atom is 0.282 e. The topological polar surface area (TPSA) is 60.2 Å². The second-order valence-electron chi connectivity index (χ2n) is 3.14. The molecule has 4 nitrogen and oxygen atoms in total. The number of carbonyl (C=O) groups excluding carboxylic acids is 1. The van der Waals surface area contributed by atoms with Crippen molar-refractivity contribution in [1.82, 2.24) is 0 Å². The van der Waals surface area contributed by atoms with Crippen molar-refractivity contribution in [3.63, 3.8) is 0 Å². The number of nitro groups is 1. The Morgan fingerprint density at radius 2 is 2.07 bits per heavy atom. The van der Waals surface area contributed by atoms with Crippen LogP contribution in [-0.4, -0.2) is 10.7 Å². The number of halogens is 1. The van der Waals surface area contributed by atoms with Crippen molar-refractivity contribution in [3.05, 3.63) is 36.9 Å². The van der Waals surface area contributed by atoms with Crippen molar-refractivity contribution in [2.75, 3.05) is 0 Å². The lowest BCUT2D eigenvalue weighted by molar-refractivity contribution is -0.385. The minimum Gasteiger partial charge on any atom is -0.294 e. The minimum atomic E-state index is -0.412. The van der Waals surface area contributed by atoms with E-state index in [0.717, 1.165) is 5.56 Å². The van der Waals surface area contributed by atoms with Crippen LogP contribution in [0.5, 0.6) is 0 Å². The van der Waals surface area contributed by atoms with Crippen molar-refractivity contribution in [3.8, 4) is 0 Å². The summed E-state index contributed by atoms with van der Waals surface area (Å²) in [6.45, 7) is 0. The third kappa shape index (κ3) is 1.41. The Labute approximate surface area is 93.6 Å². The molecule has 0 heterocycles. The number of fused-ring (bicyclic) bond motifs is 1. The average Bonchev–Trinajstić information content (AvgIpc) is 2.46. The van der Waals surface area contributed by atoms with Gasteiger partial charge in [0.2, 0.25) is 0 Å². The van der Waals surface area contributed by atoms with Crippen LogP contribution < -0.4 is 0 Å². The molecule has 0 N–H and O–H groups in total. The summed E-state index contributed by atoms with van der Waals surface area (Å²) >= 11 is 1.89. The fraction of sp³-hybridized carbons (Fsp3) is 0.222. The molecule has 14 heavy (non-hydrogen) atoms. The van der Waals surface area contributed by atoms with Gasteiger partial charge in [-0.25, -0.2) is 0 Å². The van der Waals surface area contributed by atoms with Crippen molar-refractivity contribution < 1.29 is 9.72 Å². The number of benzene rings is 1. The zero-order valence-corrected chi connectivity index (χ0v) is 9.28. The van der Waals surface area contributed by atoms with Gasteiger partial charge in [-0.2, -0.15) is 0 Å². The normalized spacial score (nSPS) is 14.2. The van der Waals surface area contributed by atoms with Gasteiger partial charge in [0.1, 0.15) is 0 Å². The first kappa shape index (κ1) is 9.57. The highest BCUT2D eigenvalue weighted by Gasteiger charge is 2.24. The van der Waals surface area contributed by atoms with Gasteiger partial charge in [-0.15, -0.1) is 0 Å². The van der Waals surface area contributed by atoms with E-state index in [-0.39, 0.29) is 11.5 Å². The predicted molar refractivity (Wildman–Crippen MR) is 58.5 cm³/mol. The third-order valence-corrected chi connectivity index (χ3v) is 3.16. The number of hydrogen-bond acceptors (Lipinski definition) is 3. The van der Waals surface area contributed by atoms with E-state index in [2.05, 4.69) is 0 Å². The Kier molecular flexibility index (Phi) is 2.26. The highest BCUT2D eigenvalue weighted by molar-refractivity contribution is 14.1. The number of carbonyl (C=O) groups is 1. The number of ketones is 1. The van der Waals surface area contributed by atoms with Crippen LogP contribution in [0.2, 0.25) is 0 Å². The van der Waals surface area contributed by atoms with Gasteiger partial charge in [-0.3, -0.25) is 14.9 Å². The van der Waals surface area contributed by atoms with Crippen molar-refractivity contribution >= 4 is 34.1 Å². The molecule has 0 atom stereocenters. The lowest BCUT2D eigenvalue weighted by Gasteiger charge is -1.99. The number of nitrogens with zero attached hydrogens (tertiary/aromatic N) is 1. The number of hydrogen-bond donors (Lipinski definition) is 0. The Bertz CT molecular complexity index is 442. The molecule has 1 aromatic carbocycles. The molecule has 0 saturated heterocycles. The zero-order chi connectivity index (χ0) is 10.3. The Morgan fingerprint density at radius 3 is 2.71 bits per heavy atom. The summed E-state index contributed by atoms with van der Waals surface area (Å²) in [4.78, 5) is 21.5. The molecule has 0 fully saturated rings. The lowest BCUT2D eigenvalue weighted by atomic mass is 10.1. The molecular formula is C9H6INO3.